The molecule has 0 atom stereocenters. The van der Waals surface area contributed by atoms with Gasteiger partial charge in [0.1, 0.15) is 5.82 Å². The number of benzene rings is 1. The van der Waals surface area contributed by atoms with Gasteiger partial charge in [0.25, 0.3) is 0 Å². The Bertz CT molecular complexity index is 623. The molecule has 2 heterocycles. The number of hydrogen-bond acceptors (Lipinski definition) is 4. The largest absolute Gasteiger partial charge is 0.314 e. The van der Waals surface area contributed by atoms with Crippen LogP contribution >= 0.6 is 0 Å². The van der Waals surface area contributed by atoms with Gasteiger partial charge in [-0.3, -0.25) is 4.90 Å². The summed E-state index contributed by atoms with van der Waals surface area (Å²) >= 11 is 0. The lowest BCUT2D eigenvalue weighted by Crippen LogP contribution is -2.62. The molecule has 3 rings (SSSR count). The Morgan fingerprint density at radius 3 is 2.38 bits per heavy atom. The van der Waals surface area contributed by atoms with Gasteiger partial charge in [0.15, 0.2) is 0 Å². The van der Waals surface area contributed by atoms with E-state index >= 15 is 0 Å². The molecule has 7 heteroatoms. The summed E-state index contributed by atoms with van der Waals surface area (Å²) in [5.41, 5.74) is 0.459. The third-order valence-corrected chi connectivity index (χ3v) is 6.36. The molecule has 0 unspecified atom stereocenters. The molecule has 116 valence electrons. The second-order valence-electron chi connectivity index (χ2n) is 5.66. The summed E-state index contributed by atoms with van der Waals surface area (Å²) in [6.45, 7) is 6.11. The highest BCUT2D eigenvalue weighted by Gasteiger charge is 2.33. The van der Waals surface area contributed by atoms with Crippen molar-refractivity contribution in [2.45, 2.75) is 17.9 Å². The molecule has 2 saturated heterocycles. The number of halogens is 1. The monoisotopic (exact) mass is 313 g/mol. The number of sulfonamides is 1. The maximum absolute atomic E-state index is 13.1. The van der Waals surface area contributed by atoms with Gasteiger partial charge in [0, 0.05) is 45.3 Å². The van der Waals surface area contributed by atoms with E-state index in [0.717, 1.165) is 26.2 Å². The van der Waals surface area contributed by atoms with Crippen LogP contribution in [-0.4, -0.2) is 62.9 Å². The summed E-state index contributed by atoms with van der Waals surface area (Å²) in [6, 6.07) is 4.38. The molecule has 0 aliphatic carbocycles. The van der Waals surface area contributed by atoms with Gasteiger partial charge < -0.3 is 5.32 Å². The fourth-order valence-corrected chi connectivity index (χ4v) is 4.51. The molecule has 5 nitrogen and oxygen atoms in total. The molecule has 0 radical (unpaired) electrons. The van der Waals surface area contributed by atoms with Crippen LogP contribution in [0.15, 0.2) is 23.1 Å². The maximum atomic E-state index is 13.1. The van der Waals surface area contributed by atoms with Gasteiger partial charge >= 0.3 is 0 Å². The van der Waals surface area contributed by atoms with Crippen LogP contribution in [0.3, 0.4) is 0 Å². The van der Waals surface area contributed by atoms with Crippen molar-refractivity contribution >= 4 is 10.0 Å². The summed E-state index contributed by atoms with van der Waals surface area (Å²) in [6.07, 6.45) is 0. The van der Waals surface area contributed by atoms with E-state index in [-0.39, 0.29) is 4.90 Å². The molecular formula is C14H20FN3O2S. The average Bonchev–Trinajstić information content (AvgIpc) is 2.37. The first-order chi connectivity index (χ1) is 9.98. The Morgan fingerprint density at radius 1 is 1.19 bits per heavy atom. The van der Waals surface area contributed by atoms with Crippen molar-refractivity contribution in [2.75, 3.05) is 39.3 Å². The lowest BCUT2D eigenvalue weighted by molar-refractivity contribution is 0.103. The number of aryl methyl sites for hydroxylation is 1. The van der Waals surface area contributed by atoms with Crippen LogP contribution in [0.2, 0.25) is 0 Å². The molecule has 0 aromatic heterocycles. The molecular weight excluding hydrogens is 293 g/mol. The quantitative estimate of drug-likeness (QED) is 0.878. The Hall–Kier alpha value is -1.02. The molecule has 0 saturated carbocycles. The Balaban J connectivity index is 1.73. The van der Waals surface area contributed by atoms with Crippen LogP contribution in [0.5, 0.6) is 0 Å². The SMILES string of the molecule is Cc1cc(F)ccc1S(=O)(=O)N1CCN(C2CNC2)CC1. The number of rotatable bonds is 3. The zero-order valence-corrected chi connectivity index (χ0v) is 12.9. The molecule has 0 spiro atoms. The highest BCUT2D eigenvalue weighted by Crippen LogP contribution is 2.22. The van der Waals surface area contributed by atoms with Gasteiger partial charge in [-0.25, -0.2) is 12.8 Å². The molecule has 2 aliphatic heterocycles. The van der Waals surface area contributed by atoms with E-state index in [2.05, 4.69) is 10.2 Å². The van der Waals surface area contributed by atoms with Crippen LogP contribution in [0.25, 0.3) is 0 Å². The Kier molecular flexibility index (Phi) is 4.00. The molecule has 1 aromatic carbocycles. The lowest BCUT2D eigenvalue weighted by Gasteiger charge is -2.42. The highest BCUT2D eigenvalue weighted by atomic mass is 32.2. The van der Waals surface area contributed by atoms with Gasteiger partial charge in [0.05, 0.1) is 4.90 Å². The fraction of sp³-hybridized carbons (Fsp3) is 0.571. The minimum absolute atomic E-state index is 0.211. The number of hydrogen-bond donors (Lipinski definition) is 1. The third-order valence-electron chi connectivity index (χ3n) is 4.30. The number of nitrogens with zero attached hydrogens (tertiary/aromatic N) is 2. The van der Waals surface area contributed by atoms with Crippen LogP contribution in [0.1, 0.15) is 5.56 Å². The lowest BCUT2D eigenvalue weighted by atomic mass is 10.1. The van der Waals surface area contributed by atoms with Crippen LogP contribution in [0.4, 0.5) is 4.39 Å². The van der Waals surface area contributed by atoms with Crippen molar-refractivity contribution in [3.8, 4) is 0 Å². The van der Waals surface area contributed by atoms with Gasteiger partial charge in [-0.2, -0.15) is 4.31 Å². The minimum Gasteiger partial charge on any atom is -0.314 e. The van der Waals surface area contributed by atoms with Gasteiger partial charge in [0.2, 0.25) is 10.0 Å². The zero-order chi connectivity index (χ0) is 15.0. The predicted molar refractivity (Wildman–Crippen MR) is 78.1 cm³/mol. The first-order valence-corrected chi connectivity index (χ1v) is 8.63. The maximum Gasteiger partial charge on any atom is 0.243 e. The second kappa shape index (κ2) is 5.64. The third kappa shape index (κ3) is 2.83. The van der Waals surface area contributed by atoms with E-state index in [9.17, 15) is 12.8 Å². The van der Waals surface area contributed by atoms with Gasteiger partial charge in [-0.15, -0.1) is 0 Å². The van der Waals surface area contributed by atoms with Crippen molar-refractivity contribution in [1.29, 1.82) is 0 Å². The van der Waals surface area contributed by atoms with E-state index in [0.29, 0.717) is 24.7 Å². The predicted octanol–water partition coefficient (Wildman–Crippen LogP) is 0.412. The van der Waals surface area contributed by atoms with Gasteiger partial charge in [-0.05, 0) is 30.7 Å². The molecule has 2 fully saturated rings. The van der Waals surface area contributed by atoms with Crippen molar-refractivity contribution in [1.82, 2.24) is 14.5 Å². The summed E-state index contributed by atoms with van der Waals surface area (Å²) in [5.74, 6) is -0.409. The number of nitrogens with one attached hydrogen (secondary N) is 1. The van der Waals surface area contributed by atoms with Crippen LogP contribution < -0.4 is 5.32 Å². The van der Waals surface area contributed by atoms with Gasteiger partial charge in [-0.1, -0.05) is 0 Å². The molecule has 1 N–H and O–H groups in total. The summed E-state index contributed by atoms with van der Waals surface area (Å²) in [4.78, 5) is 2.54. The summed E-state index contributed by atoms with van der Waals surface area (Å²) < 4.78 is 40.0. The number of piperazine rings is 1. The molecule has 1 aromatic rings. The van der Waals surface area contributed by atoms with Crippen LogP contribution in [-0.2, 0) is 10.0 Å². The summed E-state index contributed by atoms with van der Waals surface area (Å²) in [7, 11) is -3.52. The Labute approximate surface area is 124 Å². The van der Waals surface area contributed by atoms with E-state index in [1.54, 1.807) is 6.92 Å². The van der Waals surface area contributed by atoms with E-state index in [1.807, 2.05) is 0 Å². The fourth-order valence-electron chi connectivity index (χ4n) is 2.88. The Morgan fingerprint density at radius 2 is 1.86 bits per heavy atom. The van der Waals surface area contributed by atoms with Crippen LogP contribution in [0, 0.1) is 12.7 Å². The van der Waals surface area contributed by atoms with Crippen molar-refractivity contribution in [2.24, 2.45) is 0 Å². The topological polar surface area (TPSA) is 52.7 Å². The first-order valence-electron chi connectivity index (χ1n) is 7.19. The first kappa shape index (κ1) is 14.9. The smallest absolute Gasteiger partial charge is 0.243 e. The molecule has 0 bridgehead atoms. The van der Waals surface area contributed by atoms with Crippen molar-refractivity contribution in [3.05, 3.63) is 29.6 Å². The van der Waals surface area contributed by atoms with E-state index in [4.69, 9.17) is 0 Å². The van der Waals surface area contributed by atoms with E-state index in [1.165, 1.54) is 22.5 Å². The molecule has 0 amide bonds. The van der Waals surface area contributed by atoms with Crippen molar-refractivity contribution in [3.63, 3.8) is 0 Å². The second-order valence-corrected chi connectivity index (χ2v) is 7.57. The van der Waals surface area contributed by atoms with E-state index < -0.39 is 15.8 Å². The summed E-state index contributed by atoms with van der Waals surface area (Å²) in [5, 5.41) is 3.23. The minimum atomic E-state index is -3.52. The standard InChI is InChI=1S/C14H20FN3O2S/c1-11-8-12(15)2-3-14(11)21(19,20)18-6-4-17(5-7-18)13-9-16-10-13/h2-3,8,13,16H,4-7,9-10H2,1H3. The van der Waals surface area contributed by atoms with Crippen molar-refractivity contribution < 1.29 is 12.8 Å². The highest BCUT2D eigenvalue weighted by molar-refractivity contribution is 7.89. The molecule has 21 heavy (non-hydrogen) atoms. The zero-order valence-electron chi connectivity index (χ0n) is 12.0. The normalized spacial score (nSPS) is 22.2. The molecule has 2 aliphatic rings. The average molecular weight is 313 g/mol.